The summed E-state index contributed by atoms with van der Waals surface area (Å²) in [6, 6.07) is 12.4. The molecule has 1 aromatic carbocycles. The average Bonchev–Trinajstić information content (AvgIpc) is 2.93. The summed E-state index contributed by atoms with van der Waals surface area (Å²) >= 11 is 0. The summed E-state index contributed by atoms with van der Waals surface area (Å²) < 4.78 is 6.19. The molecular formula is C19H18N2OSi. The van der Waals surface area contributed by atoms with Crippen LogP contribution in [-0.2, 0) is 0 Å². The van der Waals surface area contributed by atoms with Crippen molar-refractivity contribution >= 4 is 35.2 Å². The minimum Gasteiger partial charge on any atom is -0.454 e. The normalized spacial score (nSPS) is 12.1. The minimum absolute atomic E-state index is 0.838. The molecule has 0 saturated heterocycles. The molecule has 3 heterocycles. The van der Waals surface area contributed by atoms with Crippen LogP contribution in [-0.4, -0.2) is 18.0 Å². The van der Waals surface area contributed by atoms with Crippen molar-refractivity contribution in [3.63, 3.8) is 0 Å². The van der Waals surface area contributed by atoms with Gasteiger partial charge in [0, 0.05) is 28.7 Å². The Hall–Kier alpha value is -2.46. The largest absolute Gasteiger partial charge is 0.454 e. The summed E-state index contributed by atoms with van der Waals surface area (Å²) in [5.74, 6) is 0. The van der Waals surface area contributed by atoms with Crippen molar-refractivity contribution in [2.45, 2.75) is 19.6 Å². The molecule has 4 heteroatoms. The lowest BCUT2D eigenvalue weighted by Crippen LogP contribution is -2.37. The van der Waals surface area contributed by atoms with Crippen LogP contribution >= 0.6 is 0 Å². The Bertz CT molecular complexity index is 1000. The Balaban J connectivity index is 2.16. The van der Waals surface area contributed by atoms with Crippen molar-refractivity contribution < 1.29 is 4.42 Å². The fourth-order valence-electron chi connectivity index (χ4n) is 3.08. The molecular weight excluding hydrogens is 300 g/mol. The number of hydrogen-bond donors (Lipinski definition) is 0. The van der Waals surface area contributed by atoms with Gasteiger partial charge in [-0.3, -0.25) is 9.97 Å². The molecule has 114 valence electrons. The third-order valence-corrected chi connectivity index (χ3v) is 6.21. The van der Waals surface area contributed by atoms with Crippen LogP contribution in [0.15, 0.2) is 59.4 Å². The molecule has 0 aliphatic heterocycles. The van der Waals surface area contributed by atoms with E-state index in [0.717, 1.165) is 27.8 Å². The van der Waals surface area contributed by atoms with Gasteiger partial charge in [0.25, 0.3) is 0 Å². The van der Waals surface area contributed by atoms with Gasteiger partial charge in [0.15, 0.2) is 5.58 Å². The molecule has 4 aromatic rings. The number of fused-ring (bicyclic) bond motifs is 3. The zero-order valence-corrected chi connectivity index (χ0v) is 14.5. The molecule has 0 unspecified atom stereocenters. The molecule has 0 amide bonds. The van der Waals surface area contributed by atoms with Gasteiger partial charge in [0.1, 0.15) is 5.58 Å². The third kappa shape index (κ3) is 2.26. The Morgan fingerprint density at radius 1 is 0.957 bits per heavy atom. The van der Waals surface area contributed by atoms with Crippen LogP contribution < -0.4 is 5.19 Å². The van der Waals surface area contributed by atoms with Crippen LogP contribution in [0.5, 0.6) is 0 Å². The van der Waals surface area contributed by atoms with E-state index < -0.39 is 8.07 Å². The molecule has 0 atom stereocenters. The molecule has 4 rings (SSSR count). The fraction of sp³-hybridized carbons (Fsp3) is 0.158. The fourth-order valence-corrected chi connectivity index (χ4v) is 4.66. The first-order valence-electron chi connectivity index (χ1n) is 7.77. The van der Waals surface area contributed by atoms with Crippen molar-refractivity contribution in [2.24, 2.45) is 0 Å². The van der Waals surface area contributed by atoms with Crippen LogP contribution in [0.2, 0.25) is 19.6 Å². The monoisotopic (exact) mass is 318 g/mol. The highest BCUT2D eigenvalue weighted by Crippen LogP contribution is 2.34. The molecule has 0 saturated carbocycles. The number of nitrogens with zero attached hydrogens (tertiary/aromatic N) is 2. The van der Waals surface area contributed by atoms with E-state index in [0.29, 0.717) is 0 Å². The second-order valence-electron chi connectivity index (χ2n) is 6.80. The molecule has 0 aliphatic rings. The van der Waals surface area contributed by atoms with E-state index >= 15 is 0 Å². The van der Waals surface area contributed by atoms with E-state index in [9.17, 15) is 0 Å². The van der Waals surface area contributed by atoms with Crippen molar-refractivity contribution in [1.82, 2.24) is 9.97 Å². The summed E-state index contributed by atoms with van der Waals surface area (Å²) in [4.78, 5) is 8.70. The lowest BCUT2D eigenvalue weighted by Gasteiger charge is -2.18. The first-order valence-corrected chi connectivity index (χ1v) is 11.3. The Kier molecular flexibility index (Phi) is 3.09. The first kappa shape index (κ1) is 14.1. The molecule has 0 spiro atoms. The van der Waals surface area contributed by atoms with E-state index in [4.69, 9.17) is 4.42 Å². The van der Waals surface area contributed by atoms with Crippen LogP contribution in [0, 0.1) is 0 Å². The predicted octanol–water partition coefficient (Wildman–Crippen LogP) is 4.59. The van der Waals surface area contributed by atoms with Crippen molar-refractivity contribution in [1.29, 1.82) is 0 Å². The van der Waals surface area contributed by atoms with Gasteiger partial charge in [-0.25, -0.2) is 0 Å². The van der Waals surface area contributed by atoms with Gasteiger partial charge in [0.05, 0.1) is 20.0 Å². The molecule has 0 aliphatic carbocycles. The van der Waals surface area contributed by atoms with E-state index in [1.54, 1.807) is 6.20 Å². The summed E-state index contributed by atoms with van der Waals surface area (Å²) in [7, 11) is -1.50. The summed E-state index contributed by atoms with van der Waals surface area (Å²) in [5, 5.41) is 3.78. The first-order chi connectivity index (χ1) is 11.1. The van der Waals surface area contributed by atoms with Crippen molar-refractivity contribution in [3.05, 3.63) is 55.0 Å². The topological polar surface area (TPSA) is 38.9 Å². The molecule has 0 N–H and O–H groups in total. The Morgan fingerprint density at radius 3 is 2.57 bits per heavy atom. The van der Waals surface area contributed by atoms with E-state index in [1.165, 1.54) is 10.6 Å². The van der Waals surface area contributed by atoms with Gasteiger partial charge < -0.3 is 4.42 Å². The van der Waals surface area contributed by atoms with E-state index in [-0.39, 0.29) is 0 Å². The predicted molar refractivity (Wildman–Crippen MR) is 97.7 cm³/mol. The maximum Gasteiger partial charge on any atom is 0.153 e. The molecule has 3 aromatic heterocycles. The van der Waals surface area contributed by atoms with Crippen LogP contribution in [0.4, 0.5) is 0 Å². The number of pyridine rings is 2. The molecule has 0 fully saturated rings. The summed E-state index contributed by atoms with van der Waals surface area (Å²) in [5.41, 5.74) is 3.74. The molecule has 3 nitrogen and oxygen atoms in total. The third-order valence-electron chi connectivity index (χ3n) is 4.17. The van der Waals surface area contributed by atoms with Crippen molar-refractivity contribution in [3.8, 4) is 11.3 Å². The molecule has 0 radical (unpaired) electrons. The lowest BCUT2D eigenvalue weighted by molar-refractivity contribution is 0.668. The zero-order valence-electron chi connectivity index (χ0n) is 13.5. The average molecular weight is 318 g/mol. The smallest absolute Gasteiger partial charge is 0.153 e. The van der Waals surface area contributed by atoms with E-state index in [1.807, 2.05) is 36.7 Å². The number of benzene rings is 1. The van der Waals surface area contributed by atoms with Crippen molar-refractivity contribution in [2.75, 3.05) is 0 Å². The number of hydrogen-bond acceptors (Lipinski definition) is 3. The van der Waals surface area contributed by atoms with E-state index in [2.05, 4.69) is 41.7 Å². The van der Waals surface area contributed by atoms with Crippen LogP contribution in [0.3, 0.4) is 0 Å². The zero-order chi connectivity index (χ0) is 16.0. The summed E-state index contributed by atoms with van der Waals surface area (Å²) in [6.45, 7) is 7.09. The maximum absolute atomic E-state index is 6.19. The summed E-state index contributed by atoms with van der Waals surface area (Å²) in [6.07, 6.45) is 5.45. The highest BCUT2D eigenvalue weighted by Gasteiger charge is 2.24. The number of aromatic nitrogens is 2. The SMILES string of the molecule is C[Si](C)(C)c1ccc(-c2ccccn2)c2oc3cnccc3c12. The second-order valence-corrected chi connectivity index (χ2v) is 11.8. The van der Waals surface area contributed by atoms with Gasteiger partial charge in [-0.05, 0) is 29.5 Å². The second kappa shape index (κ2) is 5.03. The molecule has 0 bridgehead atoms. The number of rotatable bonds is 2. The lowest BCUT2D eigenvalue weighted by atomic mass is 10.1. The van der Waals surface area contributed by atoms with Crippen LogP contribution in [0.1, 0.15) is 0 Å². The highest BCUT2D eigenvalue weighted by molar-refractivity contribution is 6.90. The van der Waals surface area contributed by atoms with Crippen LogP contribution in [0.25, 0.3) is 33.2 Å². The van der Waals surface area contributed by atoms with Gasteiger partial charge in [-0.2, -0.15) is 0 Å². The Morgan fingerprint density at radius 2 is 1.83 bits per heavy atom. The van der Waals surface area contributed by atoms with Gasteiger partial charge in [-0.1, -0.05) is 31.8 Å². The standard InChI is InChI=1S/C19H18N2OSi/c1-23(2,3)17-8-7-13(15-6-4-5-10-21-15)19-18(17)14-9-11-20-12-16(14)22-19/h4-12H,1-3H3. The minimum atomic E-state index is -1.50. The quantitative estimate of drug-likeness (QED) is 0.507. The molecule has 23 heavy (non-hydrogen) atoms. The van der Waals surface area contributed by atoms with Gasteiger partial charge in [0.2, 0.25) is 0 Å². The highest BCUT2D eigenvalue weighted by atomic mass is 28.3. The van der Waals surface area contributed by atoms with Gasteiger partial charge >= 0.3 is 0 Å². The van der Waals surface area contributed by atoms with Gasteiger partial charge in [-0.15, -0.1) is 0 Å². The Labute approximate surface area is 136 Å². The maximum atomic E-state index is 6.19. The number of furan rings is 1.